The van der Waals surface area contributed by atoms with Crippen molar-refractivity contribution in [3.63, 3.8) is 0 Å². The number of aliphatic imine (C=N–C) groups is 1. The van der Waals surface area contributed by atoms with Gasteiger partial charge in [-0.15, -0.1) is 0 Å². The Kier molecular flexibility index (Phi) is 4.57. The van der Waals surface area contributed by atoms with E-state index in [0.717, 1.165) is 11.3 Å². The molecule has 0 fully saturated rings. The molecule has 0 atom stereocenters. The first-order chi connectivity index (χ1) is 9.56. The molecular weight excluding hydrogens is 244 g/mol. The summed E-state index contributed by atoms with van der Waals surface area (Å²) in [6.07, 6.45) is 1.91. The first kappa shape index (κ1) is 14.3. The predicted molar refractivity (Wildman–Crippen MR) is 88.6 cm³/mol. The number of anilines is 1. The third kappa shape index (κ3) is 3.70. The first-order valence-corrected chi connectivity index (χ1v) is 6.97. The maximum absolute atomic E-state index is 4.51. The zero-order valence-electron chi connectivity index (χ0n) is 12.7. The maximum atomic E-state index is 4.51. The molecule has 2 rings (SSSR count). The fourth-order valence-electron chi connectivity index (χ4n) is 1.95. The molecule has 0 bridgehead atoms. The molecule has 0 spiro atoms. The highest BCUT2D eigenvalue weighted by Gasteiger charge is 1.98. The van der Waals surface area contributed by atoms with Crippen LogP contribution in [0.25, 0.3) is 0 Å². The minimum atomic E-state index is 0.569. The standard InChI is InChI=1S/C18H22N2/c1-14(2)16-7-5-15(6-8-16)13-19-17-9-11-18(12-10-17)20(3)4/h5-14H,1-4H3/b19-13+. The molecule has 0 saturated carbocycles. The summed E-state index contributed by atoms with van der Waals surface area (Å²) in [4.78, 5) is 6.59. The van der Waals surface area contributed by atoms with Crippen LogP contribution in [0.2, 0.25) is 0 Å². The lowest BCUT2D eigenvalue weighted by Gasteiger charge is -2.11. The van der Waals surface area contributed by atoms with E-state index in [2.05, 4.69) is 60.1 Å². The van der Waals surface area contributed by atoms with Gasteiger partial charge in [0.2, 0.25) is 0 Å². The lowest BCUT2D eigenvalue weighted by molar-refractivity contribution is 0.866. The van der Waals surface area contributed by atoms with E-state index in [1.54, 1.807) is 0 Å². The summed E-state index contributed by atoms with van der Waals surface area (Å²) in [5, 5.41) is 0. The summed E-state index contributed by atoms with van der Waals surface area (Å²) in [7, 11) is 4.07. The molecule has 0 N–H and O–H groups in total. The topological polar surface area (TPSA) is 15.6 Å². The van der Waals surface area contributed by atoms with Crippen molar-refractivity contribution in [3.8, 4) is 0 Å². The van der Waals surface area contributed by atoms with Crippen LogP contribution < -0.4 is 4.90 Å². The quantitative estimate of drug-likeness (QED) is 0.737. The summed E-state index contributed by atoms with van der Waals surface area (Å²) < 4.78 is 0. The molecule has 0 aliphatic carbocycles. The van der Waals surface area contributed by atoms with Gasteiger partial charge in [-0.2, -0.15) is 0 Å². The van der Waals surface area contributed by atoms with Gasteiger partial charge in [0.15, 0.2) is 0 Å². The lowest BCUT2D eigenvalue weighted by atomic mass is 10.0. The number of hydrogen-bond donors (Lipinski definition) is 0. The van der Waals surface area contributed by atoms with Gasteiger partial charge in [-0.25, -0.2) is 0 Å². The fourth-order valence-corrected chi connectivity index (χ4v) is 1.95. The first-order valence-electron chi connectivity index (χ1n) is 6.97. The highest BCUT2D eigenvalue weighted by atomic mass is 15.1. The molecular formula is C18H22N2. The predicted octanol–water partition coefficient (Wildman–Crippen LogP) is 4.63. The monoisotopic (exact) mass is 266 g/mol. The largest absolute Gasteiger partial charge is 0.378 e. The molecule has 2 nitrogen and oxygen atoms in total. The van der Waals surface area contributed by atoms with E-state index in [4.69, 9.17) is 0 Å². The van der Waals surface area contributed by atoms with Crippen molar-refractivity contribution in [2.75, 3.05) is 19.0 Å². The van der Waals surface area contributed by atoms with Crippen LogP contribution in [0.1, 0.15) is 30.9 Å². The van der Waals surface area contributed by atoms with Gasteiger partial charge in [0.25, 0.3) is 0 Å². The summed E-state index contributed by atoms with van der Waals surface area (Å²) >= 11 is 0. The van der Waals surface area contributed by atoms with Gasteiger partial charge in [0.1, 0.15) is 0 Å². The Morgan fingerprint density at radius 3 is 2.00 bits per heavy atom. The van der Waals surface area contributed by atoms with Crippen molar-refractivity contribution < 1.29 is 0 Å². The third-order valence-corrected chi connectivity index (χ3v) is 3.33. The molecule has 0 aromatic heterocycles. The van der Waals surface area contributed by atoms with Gasteiger partial charge in [-0.3, -0.25) is 4.99 Å². The van der Waals surface area contributed by atoms with Crippen LogP contribution in [0.4, 0.5) is 11.4 Å². The molecule has 0 saturated heterocycles. The van der Waals surface area contributed by atoms with Gasteiger partial charge in [-0.1, -0.05) is 38.1 Å². The Labute approximate surface area is 121 Å². The molecule has 0 aliphatic rings. The van der Waals surface area contributed by atoms with Crippen LogP contribution in [0, 0.1) is 0 Å². The average Bonchev–Trinajstić information content (AvgIpc) is 2.46. The molecule has 2 heteroatoms. The molecule has 0 heterocycles. The van der Waals surface area contributed by atoms with E-state index in [-0.39, 0.29) is 0 Å². The van der Waals surface area contributed by atoms with Crippen molar-refractivity contribution >= 4 is 17.6 Å². The van der Waals surface area contributed by atoms with Crippen LogP contribution in [-0.4, -0.2) is 20.3 Å². The van der Waals surface area contributed by atoms with Crippen LogP contribution in [0.15, 0.2) is 53.5 Å². The maximum Gasteiger partial charge on any atom is 0.0631 e. The van der Waals surface area contributed by atoms with E-state index in [1.165, 1.54) is 11.3 Å². The van der Waals surface area contributed by atoms with Crippen molar-refractivity contribution in [1.82, 2.24) is 0 Å². The van der Waals surface area contributed by atoms with Crippen LogP contribution in [-0.2, 0) is 0 Å². The Hall–Kier alpha value is -2.09. The second-order valence-corrected chi connectivity index (χ2v) is 5.49. The second-order valence-electron chi connectivity index (χ2n) is 5.49. The van der Waals surface area contributed by atoms with Crippen LogP contribution >= 0.6 is 0 Å². The SMILES string of the molecule is CC(C)c1ccc(/C=N/c2ccc(N(C)C)cc2)cc1. The van der Waals surface area contributed by atoms with Gasteiger partial charge in [-0.05, 0) is 41.3 Å². The van der Waals surface area contributed by atoms with Gasteiger partial charge in [0, 0.05) is 26.0 Å². The van der Waals surface area contributed by atoms with Crippen LogP contribution in [0.3, 0.4) is 0 Å². The number of nitrogens with zero attached hydrogens (tertiary/aromatic N) is 2. The van der Waals surface area contributed by atoms with Crippen molar-refractivity contribution in [2.45, 2.75) is 19.8 Å². The molecule has 20 heavy (non-hydrogen) atoms. The summed E-state index contributed by atoms with van der Waals surface area (Å²) in [6, 6.07) is 16.8. The van der Waals surface area contributed by atoms with Gasteiger partial charge >= 0.3 is 0 Å². The van der Waals surface area contributed by atoms with Gasteiger partial charge in [0.05, 0.1) is 5.69 Å². The molecule has 0 radical (unpaired) electrons. The second kappa shape index (κ2) is 6.38. The highest BCUT2D eigenvalue weighted by Crippen LogP contribution is 2.18. The third-order valence-electron chi connectivity index (χ3n) is 3.33. The Morgan fingerprint density at radius 1 is 0.900 bits per heavy atom. The van der Waals surface area contributed by atoms with E-state index < -0.39 is 0 Å². The molecule has 104 valence electrons. The van der Waals surface area contributed by atoms with Crippen LogP contribution in [0.5, 0.6) is 0 Å². The number of hydrogen-bond acceptors (Lipinski definition) is 2. The zero-order valence-corrected chi connectivity index (χ0v) is 12.7. The van der Waals surface area contributed by atoms with Gasteiger partial charge < -0.3 is 4.90 Å². The molecule has 2 aromatic rings. The van der Waals surface area contributed by atoms with Crippen molar-refractivity contribution in [1.29, 1.82) is 0 Å². The fraction of sp³-hybridized carbons (Fsp3) is 0.278. The molecule has 0 unspecified atom stereocenters. The van der Waals surface area contributed by atoms with E-state index in [1.807, 2.05) is 32.4 Å². The summed E-state index contributed by atoms with van der Waals surface area (Å²) in [5.74, 6) is 0.569. The number of rotatable bonds is 4. The summed E-state index contributed by atoms with van der Waals surface area (Å²) in [5.41, 5.74) is 4.65. The van der Waals surface area contributed by atoms with E-state index in [0.29, 0.717) is 5.92 Å². The molecule has 2 aromatic carbocycles. The van der Waals surface area contributed by atoms with E-state index in [9.17, 15) is 0 Å². The van der Waals surface area contributed by atoms with E-state index >= 15 is 0 Å². The average molecular weight is 266 g/mol. The van der Waals surface area contributed by atoms with Crippen molar-refractivity contribution in [2.24, 2.45) is 4.99 Å². The Balaban J connectivity index is 2.08. The smallest absolute Gasteiger partial charge is 0.0631 e. The lowest BCUT2D eigenvalue weighted by Crippen LogP contribution is -2.07. The Bertz CT molecular complexity index is 510. The molecule has 0 aliphatic heterocycles. The van der Waals surface area contributed by atoms with Crippen molar-refractivity contribution in [3.05, 3.63) is 59.7 Å². The minimum absolute atomic E-state index is 0.569. The normalized spacial score (nSPS) is 11.2. The minimum Gasteiger partial charge on any atom is -0.378 e. The Morgan fingerprint density at radius 2 is 1.50 bits per heavy atom. The highest BCUT2D eigenvalue weighted by molar-refractivity contribution is 5.82. The zero-order chi connectivity index (χ0) is 14.5. The summed E-state index contributed by atoms with van der Waals surface area (Å²) in [6.45, 7) is 4.41. The molecule has 0 amide bonds. The number of benzene rings is 2.